The van der Waals surface area contributed by atoms with Gasteiger partial charge in [-0.25, -0.2) is 4.79 Å². The molecule has 308 valence electrons. The number of fused-ring (bicyclic) bond motifs is 3. The number of aryl methyl sites for hydroxylation is 1. The van der Waals surface area contributed by atoms with Gasteiger partial charge in [-0.05, 0) is 67.3 Å². The van der Waals surface area contributed by atoms with Gasteiger partial charge < -0.3 is 42.6 Å². The van der Waals surface area contributed by atoms with Crippen LogP contribution < -0.4 is 32.7 Å². The Hall–Kier alpha value is -6.25. The molecule has 3 atom stereocenters. The van der Waals surface area contributed by atoms with Crippen LogP contribution in [0, 0.1) is 6.92 Å². The number of amides is 6. The summed E-state index contributed by atoms with van der Waals surface area (Å²) >= 11 is 0. The van der Waals surface area contributed by atoms with Crippen molar-refractivity contribution in [3.63, 3.8) is 0 Å². The fraction of sp³-hybridized carbons (Fsp3) is 0.419. The van der Waals surface area contributed by atoms with Crippen molar-refractivity contribution in [1.82, 2.24) is 21.3 Å². The largest absolute Gasteiger partial charge is 0.481 e. The highest BCUT2D eigenvalue weighted by Gasteiger charge is 2.45. The van der Waals surface area contributed by atoms with Crippen LogP contribution in [-0.4, -0.2) is 76.5 Å². The lowest BCUT2D eigenvalue weighted by Crippen LogP contribution is -2.66. The van der Waals surface area contributed by atoms with E-state index in [2.05, 4.69) is 21.3 Å². The van der Waals surface area contributed by atoms with Crippen LogP contribution in [-0.2, 0) is 39.9 Å². The van der Waals surface area contributed by atoms with Gasteiger partial charge in [-0.2, -0.15) is 0 Å². The Balaban J connectivity index is 1.38. The third-order valence-electron chi connectivity index (χ3n) is 11.0. The van der Waals surface area contributed by atoms with Crippen LogP contribution >= 0.6 is 0 Å². The van der Waals surface area contributed by atoms with Crippen molar-refractivity contribution in [2.24, 2.45) is 11.5 Å². The summed E-state index contributed by atoms with van der Waals surface area (Å²) < 4.78 is 5.75. The predicted molar refractivity (Wildman–Crippen MR) is 214 cm³/mol. The molecule has 6 amide bonds. The highest BCUT2D eigenvalue weighted by molar-refractivity contribution is 5.99. The molecule has 0 spiro atoms. The van der Waals surface area contributed by atoms with Crippen LogP contribution in [0.1, 0.15) is 92.9 Å². The van der Waals surface area contributed by atoms with Gasteiger partial charge >= 0.3 is 12.1 Å². The maximum atomic E-state index is 14.4. The molecule has 3 aromatic carbocycles. The maximum Gasteiger partial charge on any atom is 0.408 e. The number of rotatable bonds is 18. The summed E-state index contributed by atoms with van der Waals surface area (Å²) in [5.41, 5.74) is 13.2. The number of primary amides is 2. The number of carbonyl (C=O) groups excluding carboxylic acids is 6. The molecule has 0 radical (unpaired) electrons. The van der Waals surface area contributed by atoms with Crippen molar-refractivity contribution in [1.29, 1.82) is 0 Å². The minimum absolute atomic E-state index is 0.00729. The molecule has 2 aliphatic rings. The van der Waals surface area contributed by atoms with E-state index in [-0.39, 0.29) is 51.0 Å². The smallest absolute Gasteiger partial charge is 0.408 e. The van der Waals surface area contributed by atoms with Gasteiger partial charge in [0, 0.05) is 18.8 Å². The first-order valence-electron chi connectivity index (χ1n) is 19.5. The Morgan fingerprint density at radius 1 is 0.845 bits per heavy atom. The molecule has 0 aromatic heterocycles. The predicted octanol–water partition coefficient (Wildman–Crippen LogP) is 3.24. The van der Waals surface area contributed by atoms with Crippen LogP contribution in [0.5, 0.6) is 0 Å². The lowest BCUT2D eigenvalue weighted by Gasteiger charge is -2.39. The van der Waals surface area contributed by atoms with Crippen LogP contribution in [0.15, 0.2) is 72.8 Å². The molecule has 0 unspecified atom stereocenters. The van der Waals surface area contributed by atoms with Crippen LogP contribution in [0.4, 0.5) is 4.79 Å². The zero-order valence-corrected chi connectivity index (χ0v) is 32.8. The number of nitrogens with two attached hydrogens (primary N) is 2. The highest BCUT2D eigenvalue weighted by atomic mass is 16.5. The Labute approximate surface area is 337 Å². The summed E-state index contributed by atoms with van der Waals surface area (Å²) in [6.45, 7) is 3.30. The van der Waals surface area contributed by atoms with Gasteiger partial charge in [-0.1, -0.05) is 97.6 Å². The standard InChI is InChI=1S/C43H52N6O9/c1-26-16-18-27(19-17-26)23-34(38(54)48-43(21-8-3-9-22-43)40(56)46-33(37(45)53)24-35(44)50)47-39(55)42(2,20-10-15-36(51)52)49-41(57)58-25-32-30-13-6-4-11-28(30)29-12-5-7-14-31(29)32/h4-7,11-14,16-19,32-34H,3,8-10,15,20-25H2,1-2H3,(H2,44,50)(H2,45,53)(H,46,56)(H,47,55)(H,48,54)(H,49,57)(H,51,52)/t33-,34-,42+/m0/s1. The number of carbonyl (C=O) groups is 7. The molecule has 0 saturated heterocycles. The van der Waals surface area contributed by atoms with Gasteiger partial charge in [0.25, 0.3) is 0 Å². The monoisotopic (exact) mass is 796 g/mol. The van der Waals surface area contributed by atoms with E-state index in [9.17, 15) is 38.7 Å². The van der Waals surface area contributed by atoms with Crippen molar-refractivity contribution in [2.75, 3.05) is 6.61 Å². The second kappa shape index (κ2) is 18.8. The van der Waals surface area contributed by atoms with E-state index < -0.39 is 71.2 Å². The minimum atomic E-state index is -1.74. The van der Waals surface area contributed by atoms with Gasteiger partial charge in [0.15, 0.2) is 0 Å². The first-order valence-corrected chi connectivity index (χ1v) is 19.5. The van der Waals surface area contributed by atoms with Gasteiger partial charge in [-0.15, -0.1) is 0 Å². The number of nitrogens with one attached hydrogen (secondary N) is 4. The second-order valence-electron chi connectivity index (χ2n) is 15.5. The number of aliphatic carboxylic acids is 1. The van der Waals surface area contributed by atoms with E-state index in [4.69, 9.17) is 16.2 Å². The van der Waals surface area contributed by atoms with E-state index in [1.165, 1.54) is 6.92 Å². The topological polar surface area (TPSA) is 249 Å². The molecule has 0 aliphatic heterocycles. The van der Waals surface area contributed by atoms with E-state index >= 15 is 0 Å². The molecule has 1 saturated carbocycles. The molecule has 9 N–H and O–H groups in total. The quantitative estimate of drug-likeness (QED) is 0.0997. The molecule has 0 heterocycles. The van der Waals surface area contributed by atoms with E-state index in [1.807, 2.05) is 67.6 Å². The SMILES string of the molecule is Cc1ccc(C[C@H](NC(=O)[C@@](C)(CCCC(=O)O)NC(=O)OCC2c3ccccc3-c3ccccc32)C(=O)NC2(C(=O)N[C@@H](CC(N)=O)C(N)=O)CCCCC2)cc1. The highest BCUT2D eigenvalue weighted by Crippen LogP contribution is 2.44. The van der Waals surface area contributed by atoms with Crippen LogP contribution in [0.3, 0.4) is 0 Å². The summed E-state index contributed by atoms with van der Waals surface area (Å²) in [6.07, 6.45) is 0.451. The number of alkyl carbamates (subject to hydrolysis) is 1. The second-order valence-corrected chi connectivity index (χ2v) is 15.5. The number of carboxylic acids is 1. The summed E-state index contributed by atoms with van der Waals surface area (Å²) in [5.74, 6) is -5.40. The summed E-state index contributed by atoms with van der Waals surface area (Å²) in [4.78, 5) is 91.4. The van der Waals surface area contributed by atoms with Crippen molar-refractivity contribution >= 4 is 41.6 Å². The molecule has 15 nitrogen and oxygen atoms in total. The van der Waals surface area contributed by atoms with Gasteiger partial charge in [0.05, 0.1) is 6.42 Å². The molecule has 3 aromatic rings. The zero-order valence-electron chi connectivity index (χ0n) is 32.8. The van der Waals surface area contributed by atoms with Gasteiger partial charge in [-0.3, -0.25) is 28.8 Å². The molecule has 5 rings (SSSR count). The molecule has 2 aliphatic carbocycles. The van der Waals surface area contributed by atoms with Crippen molar-refractivity contribution < 1.29 is 43.4 Å². The van der Waals surface area contributed by atoms with Gasteiger partial charge in [0.1, 0.15) is 29.8 Å². The number of hydrogen-bond donors (Lipinski definition) is 7. The van der Waals surface area contributed by atoms with Crippen molar-refractivity contribution in [3.8, 4) is 11.1 Å². The lowest BCUT2D eigenvalue weighted by atomic mass is 9.80. The molecular weight excluding hydrogens is 745 g/mol. The summed E-state index contributed by atoms with van der Waals surface area (Å²) in [6, 6.07) is 20.3. The number of hydrogen-bond acceptors (Lipinski definition) is 8. The van der Waals surface area contributed by atoms with Gasteiger partial charge in [0.2, 0.25) is 29.5 Å². The number of benzene rings is 3. The fourth-order valence-corrected chi connectivity index (χ4v) is 7.78. The normalized spacial score (nSPS) is 16.2. The molecule has 1 fully saturated rings. The van der Waals surface area contributed by atoms with E-state index in [0.29, 0.717) is 18.4 Å². The average Bonchev–Trinajstić information content (AvgIpc) is 3.50. The third kappa shape index (κ3) is 10.6. The molecule has 0 bridgehead atoms. The Bertz CT molecular complexity index is 1980. The molecule has 15 heteroatoms. The number of carboxylic acid groups (broad SMARTS) is 1. The van der Waals surface area contributed by atoms with Crippen molar-refractivity contribution in [3.05, 3.63) is 95.1 Å². The molecular formula is C43H52N6O9. The Morgan fingerprint density at radius 3 is 2.02 bits per heavy atom. The van der Waals surface area contributed by atoms with Crippen molar-refractivity contribution in [2.45, 2.75) is 107 Å². The summed E-state index contributed by atoms with van der Waals surface area (Å²) in [5, 5.41) is 20.2. The Morgan fingerprint density at radius 2 is 1.45 bits per heavy atom. The maximum absolute atomic E-state index is 14.4. The lowest BCUT2D eigenvalue weighted by molar-refractivity contribution is -0.139. The molecule has 58 heavy (non-hydrogen) atoms. The first kappa shape index (κ1) is 42.9. The van der Waals surface area contributed by atoms with Crippen LogP contribution in [0.25, 0.3) is 11.1 Å². The minimum Gasteiger partial charge on any atom is -0.481 e. The van der Waals surface area contributed by atoms with E-state index in [0.717, 1.165) is 34.2 Å². The fourth-order valence-electron chi connectivity index (χ4n) is 7.78. The number of ether oxygens (including phenoxy) is 1. The zero-order chi connectivity index (χ0) is 42.0. The van der Waals surface area contributed by atoms with E-state index in [1.54, 1.807) is 12.1 Å². The van der Waals surface area contributed by atoms with Crippen LogP contribution in [0.2, 0.25) is 0 Å². The average molecular weight is 797 g/mol. The first-order chi connectivity index (χ1) is 27.6. The summed E-state index contributed by atoms with van der Waals surface area (Å²) in [7, 11) is 0. The third-order valence-corrected chi connectivity index (χ3v) is 11.0. The Kier molecular flexibility index (Phi) is 13.9.